The molecule has 1 saturated heterocycles. The predicted molar refractivity (Wildman–Crippen MR) is 117 cm³/mol. The lowest BCUT2D eigenvalue weighted by Crippen LogP contribution is -2.40. The van der Waals surface area contributed by atoms with Gasteiger partial charge in [0, 0.05) is 36.1 Å². The van der Waals surface area contributed by atoms with Gasteiger partial charge in [-0.3, -0.25) is 9.59 Å². The maximum atomic E-state index is 12.6. The molecule has 2 aromatic carbocycles. The van der Waals surface area contributed by atoms with Gasteiger partial charge in [0.25, 0.3) is 5.91 Å². The van der Waals surface area contributed by atoms with Crippen LogP contribution >= 0.6 is 0 Å². The number of amides is 2. The van der Waals surface area contributed by atoms with Gasteiger partial charge in [0.2, 0.25) is 5.91 Å². The number of carbonyl (C=O) groups is 2. The van der Waals surface area contributed by atoms with Gasteiger partial charge >= 0.3 is 0 Å². The van der Waals surface area contributed by atoms with E-state index in [-0.39, 0.29) is 24.5 Å². The lowest BCUT2D eigenvalue weighted by Gasteiger charge is -2.27. The Kier molecular flexibility index (Phi) is 7.68. The van der Waals surface area contributed by atoms with Crippen LogP contribution in [0.15, 0.2) is 48.5 Å². The van der Waals surface area contributed by atoms with E-state index in [0.717, 1.165) is 17.9 Å². The minimum Gasteiger partial charge on any atom is -0.491 e. The van der Waals surface area contributed by atoms with Crippen LogP contribution in [-0.4, -0.2) is 55.7 Å². The van der Waals surface area contributed by atoms with Crippen molar-refractivity contribution >= 4 is 23.2 Å². The third-order valence-corrected chi connectivity index (χ3v) is 4.89. The average molecular weight is 412 g/mol. The second-order valence-corrected chi connectivity index (χ2v) is 7.25. The molecule has 1 fully saturated rings. The smallest absolute Gasteiger partial charge is 0.254 e. The molecule has 7 nitrogen and oxygen atoms in total. The van der Waals surface area contributed by atoms with Gasteiger partial charge in [-0.2, -0.15) is 0 Å². The highest BCUT2D eigenvalue weighted by Crippen LogP contribution is 2.19. The Morgan fingerprint density at radius 1 is 1.10 bits per heavy atom. The van der Waals surface area contributed by atoms with Crippen molar-refractivity contribution < 1.29 is 19.1 Å². The van der Waals surface area contributed by atoms with E-state index in [1.165, 1.54) is 0 Å². The van der Waals surface area contributed by atoms with Gasteiger partial charge in [0.1, 0.15) is 5.75 Å². The number of rotatable bonds is 8. The van der Waals surface area contributed by atoms with E-state index in [1.54, 1.807) is 17.0 Å². The van der Waals surface area contributed by atoms with E-state index in [2.05, 4.69) is 17.6 Å². The van der Waals surface area contributed by atoms with E-state index in [9.17, 15) is 9.59 Å². The fourth-order valence-electron chi connectivity index (χ4n) is 3.06. The summed E-state index contributed by atoms with van der Waals surface area (Å²) in [5.41, 5.74) is 1.99. The van der Waals surface area contributed by atoms with Crippen LogP contribution < -0.4 is 15.4 Å². The highest BCUT2D eigenvalue weighted by molar-refractivity contribution is 5.96. The Labute approximate surface area is 177 Å². The quantitative estimate of drug-likeness (QED) is 0.696. The Bertz CT molecular complexity index is 865. The molecular weight excluding hydrogens is 382 g/mol. The summed E-state index contributed by atoms with van der Waals surface area (Å²) in [4.78, 5) is 26.7. The van der Waals surface area contributed by atoms with Gasteiger partial charge in [-0.1, -0.05) is 19.1 Å². The third kappa shape index (κ3) is 6.22. The highest BCUT2D eigenvalue weighted by Gasteiger charge is 2.18. The molecule has 1 unspecified atom stereocenters. The number of hydrogen-bond donors (Lipinski definition) is 2. The second-order valence-electron chi connectivity index (χ2n) is 7.25. The zero-order valence-electron chi connectivity index (χ0n) is 17.5. The molecule has 1 aliphatic rings. The largest absolute Gasteiger partial charge is 0.491 e. The summed E-state index contributed by atoms with van der Waals surface area (Å²) in [6.45, 7) is 6.47. The average Bonchev–Trinajstić information content (AvgIpc) is 2.78. The van der Waals surface area contributed by atoms with Crippen molar-refractivity contribution in [2.75, 3.05) is 43.5 Å². The SMILES string of the molecule is CCC(C)Oc1cccc(NC(=O)CNc2cccc(C(=O)N3CCOCC3)c2)c1. The van der Waals surface area contributed by atoms with Crippen molar-refractivity contribution in [2.45, 2.75) is 26.4 Å². The van der Waals surface area contributed by atoms with Crippen LogP contribution in [0.3, 0.4) is 0 Å². The maximum absolute atomic E-state index is 12.6. The van der Waals surface area contributed by atoms with Crippen molar-refractivity contribution in [3.05, 3.63) is 54.1 Å². The standard InChI is InChI=1S/C23H29N3O4/c1-3-17(2)30-21-9-5-8-20(15-21)25-22(27)16-24-19-7-4-6-18(14-19)23(28)26-10-12-29-13-11-26/h4-9,14-15,17,24H,3,10-13,16H2,1-2H3,(H,25,27). The monoisotopic (exact) mass is 411 g/mol. The van der Waals surface area contributed by atoms with Crippen LogP contribution in [0.5, 0.6) is 5.75 Å². The third-order valence-electron chi connectivity index (χ3n) is 4.89. The summed E-state index contributed by atoms with van der Waals surface area (Å²) in [6.07, 6.45) is 1.03. The number of nitrogens with zero attached hydrogens (tertiary/aromatic N) is 1. The van der Waals surface area contributed by atoms with Gasteiger partial charge in [-0.25, -0.2) is 0 Å². The molecule has 0 spiro atoms. The van der Waals surface area contributed by atoms with Crippen molar-refractivity contribution in [1.82, 2.24) is 4.90 Å². The Hall–Kier alpha value is -3.06. The van der Waals surface area contributed by atoms with Crippen molar-refractivity contribution in [3.63, 3.8) is 0 Å². The fourth-order valence-corrected chi connectivity index (χ4v) is 3.06. The first-order valence-electron chi connectivity index (χ1n) is 10.3. The number of carbonyl (C=O) groups excluding carboxylic acids is 2. The lowest BCUT2D eigenvalue weighted by atomic mass is 10.1. The summed E-state index contributed by atoms with van der Waals surface area (Å²) in [7, 11) is 0. The number of nitrogens with one attached hydrogen (secondary N) is 2. The molecule has 30 heavy (non-hydrogen) atoms. The van der Waals surface area contributed by atoms with E-state index in [4.69, 9.17) is 9.47 Å². The highest BCUT2D eigenvalue weighted by atomic mass is 16.5. The van der Waals surface area contributed by atoms with E-state index in [0.29, 0.717) is 37.6 Å². The maximum Gasteiger partial charge on any atom is 0.254 e. The van der Waals surface area contributed by atoms with E-state index < -0.39 is 0 Å². The number of hydrogen-bond acceptors (Lipinski definition) is 5. The Morgan fingerprint density at radius 3 is 2.60 bits per heavy atom. The number of benzene rings is 2. The van der Waals surface area contributed by atoms with Crippen molar-refractivity contribution in [1.29, 1.82) is 0 Å². The van der Waals surface area contributed by atoms with Crippen LogP contribution in [0.25, 0.3) is 0 Å². The van der Waals surface area contributed by atoms with Gasteiger partial charge in [0.05, 0.1) is 25.9 Å². The molecule has 0 aromatic heterocycles. The number of anilines is 2. The van der Waals surface area contributed by atoms with Crippen LogP contribution in [0.4, 0.5) is 11.4 Å². The first-order valence-corrected chi connectivity index (χ1v) is 10.3. The lowest BCUT2D eigenvalue weighted by molar-refractivity contribution is -0.114. The molecule has 1 aliphatic heterocycles. The van der Waals surface area contributed by atoms with E-state index >= 15 is 0 Å². The van der Waals surface area contributed by atoms with E-state index in [1.807, 2.05) is 43.3 Å². The van der Waals surface area contributed by atoms with Crippen LogP contribution in [-0.2, 0) is 9.53 Å². The number of morpholine rings is 1. The molecular formula is C23H29N3O4. The first-order chi connectivity index (χ1) is 14.5. The van der Waals surface area contributed by atoms with Crippen LogP contribution in [0.2, 0.25) is 0 Å². The normalized spacial score (nSPS) is 14.7. The molecule has 1 atom stereocenters. The second kappa shape index (κ2) is 10.6. The molecule has 2 amide bonds. The van der Waals surface area contributed by atoms with Gasteiger partial charge in [0.15, 0.2) is 0 Å². The Balaban J connectivity index is 1.53. The predicted octanol–water partition coefficient (Wildman–Crippen LogP) is 3.39. The molecule has 2 aromatic rings. The first kappa shape index (κ1) is 21.6. The zero-order chi connectivity index (χ0) is 21.3. The molecule has 3 rings (SSSR count). The van der Waals surface area contributed by atoms with Gasteiger partial charge in [-0.15, -0.1) is 0 Å². The van der Waals surface area contributed by atoms with Crippen LogP contribution in [0.1, 0.15) is 30.6 Å². The zero-order valence-corrected chi connectivity index (χ0v) is 17.5. The molecule has 0 bridgehead atoms. The van der Waals surface area contributed by atoms with Crippen molar-refractivity contribution in [3.8, 4) is 5.75 Å². The summed E-state index contributed by atoms with van der Waals surface area (Å²) >= 11 is 0. The molecule has 2 N–H and O–H groups in total. The molecule has 1 heterocycles. The fraction of sp³-hybridized carbons (Fsp3) is 0.391. The minimum atomic E-state index is -0.180. The van der Waals surface area contributed by atoms with Crippen LogP contribution in [0, 0.1) is 0 Å². The topological polar surface area (TPSA) is 79.9 Å². The summed E-state index contributed by atoms with van der Waals surface area (Å²) in [5, 5.41) is 5.94. The van der Waals surface area contributed by atoms with Gasteiger partial charge < -0.3 is 25.0 Å². The molecule has 0 aliphatic carbocycles. The van der Waals surface area contributed by atoms with Gasteiger partial charge in [-0.05, 0) is 43.7 Å². The summed E-state index contributed by atoms with van der Waals surface area (Å²) in [5.74, 6) is 0.523. The minimum absolute atomic E-state index is 0.0236. The molecule has 160 valence electrons. The summed E-state index contributed by atoms with van der Waals surface area (Å²) < 4.78 is 11.1. The molecule has 0 radical (unpaired) electrons. The Morgan fingerprint density at radius 2 is 1.83 bits per heavy atom. The molecule has 0 saturated carbocycles. The van der Waals surface area contributed by atoms with Crippen molar-refractivity contribution in [2.24, 2.45) is 0 Å². The number of ether oxygens (including phenoxy) is 2. The molecule has 7 heteroatoms. The summed E-state index contributed by atoms with van der Waals surface area (Å²) in [6, 6.07) is 14.6.